The summed E-state index contributed by atoms with van der Waals surface area (Å²) in [6, 6.07) is 3.38. The van der Waals surface area contributed by atoms with Crippen molar-refractivity contribution in [2.24, 2.45) is 5.73 Å². The number of halogens is 1. The summed E-state index contributed by atoms with van der Waals surface area (Å²) in [5.74, 6) is -1.38. The van der Waals surface area contributed by atoms with Crippen molar-refractivity contribution in [3.63, 3.8) is 0 Å². The van der Waals surface area contributed by atoms with Crippen molar-refractivity contribution in [3.05, 3.63) is 35.8 Å². The molecule has 0 aliphatic rings. The first-order valence-corrected chi connectivity index (χ1v) is 4.82. The van der Waals surface area contributed by atoms with Crippen molar-refractivity contribution in [1.29, 1.82) is 0 Å². The number of benzene rings is 1. The minimum absolute atomic E-state index is 0.223. The lowest BCUT2D eigenvalue weighted by Crippen LogP contribution is -2.32. The maximum atomic E-state index is 12.9. The Kier molecular flexibility index (Phi) is 2.62. The summed E-state index contributed by atoms with van der Waals surface area (Å²) in [4.78, 5) is 13.5. The Morgan fingerprint density at radius 1 is 1.56 bits per heavy atom. The molecule has 1 aromatic heterocycles. The zero-order valence-electron chi connectivity index (χ0n) is 8.40. The van der Waals surface area contributed by atoms with Crippen LogP contribution in [0, 0.1) is 5.82 Å². The van der Waals surface area contributed by atoms with Crippen LogP contribution in [0.5, 0.6) is 0 Å². The highest BCUT2D eigenvalue weighted by molar-refractivity contribution is 5.84. The number of hydrogen-bond donors (Lipinski definition) is 3. The number of nitrogens with two attached hydrogens (primary N) is 1. The van der Waals surface area contributed by atoms with Gasteiger partial charge in [-0.3, -0.25) is 4.79 Å². The Labute approximate surface area is 90.9 Å². The van der Waals surface area contributed by atoms with Gasteiger partial charge in [0.05, 0.1) is 0 Å². The predicted molar refractivity (Wildman–Crippen MR) is 57.6 cm³/mol. The van der Waals surface area contributed by atoms with Gasteiger partial charge in [0.2, 0.25) is 0 Å². The third-order valence-electron chi connectivity index (χ3n) is 2.49. The number of carboxylic acids is 1. The quantitative estimate of drug-likeness (QED) is 0.731. The van der Waals surface area contributed by atoms with Gasteiger partial charge >= 0.3 is 5.97 Å². The first-order chi connectivity index (χ1) is 7.58. The molecule has 1 heterocycles. The molecule has 0 aliphatic heterocycles. The van der Waals surface area contributed by atoms with Crippen molar-refractivity contribution in [2.45, 2.75) is 12.5 Å². The molecule has 0 aliphatic carbocycles. The molecule has 0 saturated carbocycles. The lowest BCUT2D eigenvalue weighted by Gasteiger charge is -2.04. The normalized spacial score (nSPS) is 12.9. The molecule has 0 radical (unpaired) electrons. The fraction of sp³-hybridized carbons (Fsp3) is 0.182. The van der Waals surface area contributed by atoms with Crippen LogP contribution < -0.4 is 5.73 Å². The summed E-state index contributed by atoms with van der Waals surface area (Å²) in [6.07, 6.45) is 1.88. The van der Waals surface area contributed by atoms with E-state index in [9.17, 15) is 9.18 Å². The summed E-state index contributed by atoms with van der Waals surface area (Å²) >= 11 is 0. The second-order valence-corrected chi connectivity index (χ2v) is 3.65. The topological polar surface area (TPSA) is 79.1 Å². The molecule has 0 fully saturated rings. The molecule has 1 unspecified atom stereocenters. The van der Waals surface area contributed by atoms with E-state index in [1.807, 2.05) is 0 Å². The second kappa shape index (κ2) is 3.94. The highest BCUT2D eigenvalue weighted by Crippen LogP contribution is 2.20. The molecule has 4 nitrogen and oxygen atoms in total. The maximum absolute atomic E-state index is 12.9. The fourth-order valence-corrected chi connectivity index (χ4v) is 1.65. The number of hydrogen-bond acceptors (Lipinski definition) is 2. The molecule has 0 amide bonds. The number of aliphatic carboxylic acids is 1. The fourth-order valence-electron chi connectivity index (χ4n) is 1.65. The standard InChI is InChI=1S/C11H11FN2O2/c12-7-1-2-8-6(3-9(13)11(15)16)5-14-10(8)4-7/h1-2,4-5,9,14H,3,13H2,(H,15,16). The smallest absolute Gasteiger partial charge is 0.320 e. The van der Waals surface area contributed by atoms with Crippen LogP contribution in [0.4, 0.5) is 4.39 Å². The molecule has 2 rings (SSSR count). The average Bonchev–Trinajstić information content (AvgIpc) is 2.60. The van der Waals surface area contributed by atoms with Gasteiger partial charge in [-0.05, 0) is 23.8 Å². The van der Waals surface area contributed by atoms with E-state index in [0.29, 0.717) is 5.52 Å². The Balaban J connectivity index is 2.35. The van der Waals surface area contributed by atoms with Crippen molar-refractivity contribution >= 4 is 16.9 Å². The van der Waals surface area contributed by atoms with Crippen molar-refractivity contribution in [2.75, 3.05) is 0 Å². The van der Waals surface area contributed by atoms with Gasteiger partial charge in [0.25, 0.3) is 0 Å². The molecule has 5 heteroatoms. The summed E-state index contributed by atoms with van der Waals surface area (Å²) in [5, 5.41) is 9.51. The van der Waals surface area contributed by atoms with E-state index < -0.39 is 12.0 Å². The molecule has 0 bridgehead atoms. The summed E-state index contributed by atoms with van der Waals surface area (Å²) < 4.78 is 12.9. The van der Waals surface area contributed by atoms with Gasteiger partial charge in [-0.15, -0.1) is 0 Å². The maximum Gasteiger partial charge on any atom is 0.320 e. The van der Waals surface area contributed by atoms with E-state index in [1.54, 1.807) is 12.3 Å². The van der Waals surface area contributed by atoms with Crippen LogP contribution >= 0.6 is 0 Å². The number of carboxylic acid groups (broad SMARTS) is 1. The molecule has 1 aromatic carbocycles. The molecule has 84 valence electrons. The van der Waals surface area contributed by atoms with E-state index in [0.717, 1.165) is 10.9 Å². The van der Waals surface area contributed by atoms with Gasteiger partial charge < -0.3 is 15.8 Å². The third-order valence-corrected chi connectivity index (χ3v) is 2.49. The Bertz CT molecular complexity index is 536. The zero-order chi connectivity index (χ0) is 11.7. The van der Waals surface area contributed by atoms with Crippen LogP contribution in [0.2, 0.25) is 0 Å². The van der Waals surface area contributed by atoms with Gasteiger partial charge in [0.1, 0.15) is 11.9 Å². The van der Waals surface area contributed by atoms with Crippen LogP contribution in [0.3, 0.4) is 0 Å². The SMILES string of the molecule is NC(Cc1c[nH]c2cc(F)ccc12)C(=O)O. The number of aromatic nitrogens is 1. The van der Waals surface area contributed by atoms with E-state index in [2.05, 4.69) is 4.98 Å². The summed E-state index contributed by atoms with van der Waals surface area (Å²) in [6.45, 7) is 0. The van der Waals surface area contributed by atoms with Crippen LogP contribution in [0.15, 0.2) is 24.4 Å². The van der Waals surface area contributed by atoms with Crippen LogP contribution in [0.1, 0.15) is 5.56 Å². The molecule has 4 N–H and O–H groups in total. The van der Waals surface area contributed by atoms with Crippen LogP contribution in [-0.4, -0.2) is 22.1 Å². The minimum Gasteiger partial charge on any atom is -0.480 e. The number of aromatic amines is 1. The summed E-state index contributed by atoms with van der Waals surface area (Å²) in [7, 11) is 0. The molecular weight excluding hydrogens is 211 g/mol. The Morgan fingerprint density at radius 2 is 2.31 bits per heavy atom. The second-order valence-electron chi connectivity index (χ2n) is 3.65. The Hall–Kier alpha value is -1.88. The molecular formula is C11H11FN2O2. The zero-order valence-corrected chi connectivity index (χ0v) is 8.40. The lowest BCUT2D eigenvalue weighted by molar-refractivity contribution is -0.138. The first-order valence-electron chi connectivity index (χ1n) is 4.82. The average molecular weight is 222 g/mol. The predicted octanol–water partition coefficient (Wildman–Crippen LogP) is 1.26. The van der Waals surface area contributed by atoms with Crippen LogP contribution in [-0.2, 0) is 11.2 Å². The van der Waals surface area contributed by atoms with Gasteiger partial charge in [-0.2, -0.15) is 0 Å². The van der Waals surface area contributed by atoms with Gasteiger partial charge in [-0.1, -0.05) is 0 Å². The number of rotatable bonds is 3. The van der Waals surface area contributed by atoms with Gasteiger partial charge in [0.15, 0.2) is 0 Å². The van der Waals surface area contributed by atoms with E-state index >= 15 is 0 Å². The van der Waals surface area contributed by atoms with E-state index in [-0.39, 0.29) is 12.2 Å². The lowest BCUT2D eigenvalue weighted by atomic mass is 10.1. The first kappa shape index (κ1) is 10.6. The van der Waals surface area contributed by atoms with Crippen molar-refractivity contribution in [1.82, 2.24) is 4.98 Å². The Morgan fingerprint density at radius 3 is 3.00 bits per heavy atom. The number of nitrogens with one attached hydrogen (secondary N) is 1. The highest BCUT2D eigenvalue weighted by Gasteiger charge is 2.14. The monoisotopic (exact) mass is 222 g/mol. The van der Waals surface area contributed by atoms with Crippen LogP contribution in [0.25, 0.3) is 10.9 Å². The highest BCUT2D eigenvalue weighted by atomic mass is 19.1. The number of carbonyl (C=O) groups is 1. The molecule has 0 saturated heterocycles. The van der Waals surface area contributed by atoms with Gasteiger partial charge in [0, 0.05) is 23.5 Å². The summed E-state index contributed by atoms with van der Waals surface area (Å²) in [5.41, 5.74) is 6.87. The molecule has 0 spiro atoms. The van der Waals surface area contributed by atoms with Gasteiger partial charge in [-0.25, -0.2) is 4.39 Å². The number of H-pyrrole nitrogens is 1. The molecule has 2 aromatic rings. The van der Waals surface area contributed by atoms with E-state index in [1.165, 1.54) is 12.1 Å². The molecule has 1 atom stereocenters. The number of fused-ring (bicyclic) bond motifs is 1. The minimum atomic E-state index is -1.04. The van der Waals surface area contributed by atoms with E-state index in [4.69, 9.17) is 10.8 Å². The largest absolute Gasteiger partial charge is 0.480 e. The third kappa shape index (κ3) is 1.90. The van der Waals surface area contributed by atoms with Crippen molar-refractivity contribution < 1.29 is 14.3 Å². The molecule has 16 heavy (non-hydrogen) atoms. The van der Waals surface area contributed by atoms with Crippen molar-refractivity contribution in [3.8, 4) is 0 Å².